The van der Waals surface area contributed by atoms with E-state index in [4.69, 9.17) is 14.2 Å². The van der Waals surface area contributed by atoms with Gasteiger partial charge in [-0.15, -0.1) is 10.2 Å². The first-order valence-corrected chi connectivity index (χ1v) is 9.66. The quantitative estimate of drug-likeness (QED) is 0.736. The standard InChI is InChI=1S/C17H21FN4O3S/c18-13-2-1-3-14(10-13)22-16(21-5-8-23-9-6-21)19-20-17(22)26-11-15-4-7-24-12-25-15/h1-3,10,15H,4-9,11-12H2/t15-/m0/s1. The van der Waals surface area contributed by atoms with Gasteiger partial charge in [0.05, 0.1) is 31.6 Å². The number of rotatable bonds is 5. The molecule has 2 aliphatic rings. The van der Waals surface area contributed by atoms with Crippen LogP contribution < -0.4 is 4.90 Å². The number of halogens is 1. The Bertz CT molecular complexity index is 733. The Morgan fingerprint density at radius 2 is 2.04 bits per heavy atom. The Hall–Kier alpha value is -1.68. The lowest BCUT2D eigenvalue weighted by Crippen LogP contribution is -2.37. The van der Waals surface area contributed by atoms with Crippen LogP contribution in [0, 0.1) is 5.82 Å². The van der Waals surface area contributed by atoms with Crippen LogP contribution in [0.5, 0.6) is 0 Å². The van der Waals surface area contributed by atoms with Gasteiger partial charge >= 0.3 is 0 Å². The summed E-state index contributed by atoms with van der Waals surface area (Å²) in [5.41, 5.74) is 0.715. The minimum Gasteiger partial charge on any atom is -0.378 e. The molecule has 0 saturated carbocycles. The average molecular weight is 380 g/mol. The normalized spacial score (nSPS) is 21.1. The molecule has 26 heavy (non-hydrogen) atoms. The van der Waals surface area contributed by atoms with Crippen molar-refractivity contribution in [1.29, 1.82) is 0 Å². The van der Waals surface area contributed by atoms with E-state index < -0.39 is 0 Å². The van der Waals surface area contributed by atoms with Crippen molar-refractivity contribution in [3.63, 3.8) is 0 Å². The summed E-state index contributed by atoms with van der Waals surface area (Å²) < 4.78 is 32.0. The SMILES string of the molecule is Fc1cccc(-n2c(SC[C@@H]3CCOCO3)nnc2N2CCOCC2)c1. The molecule has 7 nitrogen and oxygen atoms in total. The van der Waals surface area contributed by atoms with Gasteiger partial charge in [0, 0.05) is 18.8 Å². The van der Waals surface area contributed by atoms with Crippen LogP contribution in [0.1, 0.15) is 6.42 Å². The van der Waals surface area contributed by atoms with E-state index >= 15 is 0 Å². The second kappa shape index (κ2) is 8.34. The van der Waals surface area contributed by atoms with Crippen molar-refractivity contribution in [3.05, 3.63) is 30.1 Å². The first-order valence-electron chi connectivity index (χ1n) is 8.67. The fourth-order valence-corrected chi connectivity index (χ4v) is 3.98. The third kappa shape index (κ3) is 4.01. The van der Waals surface area contributed by atoms with Gasteiger partial charge in [0.2, 0.25) is 5.95 Å². The van der Waals surface area contributed by atoms with E-state index in [1.807, 2.05) is 10.6 Å². The van der Waals surface area contributed by atoms with Crippen molar-refractivity contribution < 1.29 is 18.6 Å². The summed E-state index contributed by atoms with van der Waals surface area (Å²) in [6.45, 7) is 3.81. The molecule has 140 valence electrons. The Labute approximate surface area is 155 Å². The largest absolute Gasteiger partial charge is 0.378 e. The molecule has 0 N–H and O–H groups in total. The number of ether oxygens (including phenoxy) is 3. The van der Waals surface area contributed by atoms with Crippen LogP contribution in [-0.4, -0.2) is 66.3 Å². The van der Waals surface area contributed by atoms with Gasteiger partial charge in [-0.2, -0.15) is 0 Å². The van der Waals surface area contributed by atoms with Gasteiger partial charge in [-0.3, -0.25) is 4.57 Å². The molecule has 1 aromatic carbocycles. The van der Waals surface area contributed by atoms with Gasteiger partial charge in [-0.05, 0) is 24.6 Å². The second-order valence-corrected chi connectivity index (χ2v) is 7.10. The van der Waals surface area contributed by atoms with E-state index in [-0.39, 0.29) is 11.9 Å². The molecule has 0 aliphatic carbocycles. The molecule has 1 aromatic heterocycles. The van der Waals surface area contributed by atoms with Crippen LogP contribution in [0.25, 0.3) is 5.69 Å². The molecule has 9 heteroatoms. The van der Waals surface area contributed by atoms with Crippen molar-refractivity contribution >= 4 is 17.7 Å². The molecular weight excluding hydrogens is 359 g/mol. The summed E-state index contributed by atoms with van der Waals surface area (Å²) in [6, 6.07) is 6.50. The van der Waals surface area contributed by atoms with Crippen molar-refractivity contribution in [2.24, 2.45) is 0 Å². The highest BCUT2D eigenvalue weighted by Gasteiger charge is 2.23. The lowest BCUT2D eigenvalue weighted by molar-refractivity contribution is -0.130. The van der Waals surface area contributed by atoms with Gasteiger partial charge in [-0.25, -0.2) is 4.39 Å². The van der Waals surface area contributed by atoms with E-state index in [0.717, 1.165) is 30.4 Å². The molecule has 1 atom stereocenters. The van der Waals surface area contributed by atoms with Crippen molar-refractivity contribution in [1.82, 2.24) is 14.8 Å². The second-order valence-electron chi connectivity index (χ2n) is 6.11. The number of thioether (sulfide) groups is 1. The monoisotopic (exact) mass is 380 g/mol. The van der Waals surface area contributed by atoms with Crippen LogP contribution in [-0.2, 0) is 14.2 Å². The Morgan fingerprint density at radius 1 is 1.15 bits per heavy atom. The zero-order chi connectivity index (χ0) is 17.8. The zero-order valence-corrected chi connectivity index (χ0v) is 15.2. The molecule has 2 aliphatic heterocycles. The molecule has 3 heterocycles. The van der Waals surface area contributed by atoms with Crippen molar-refractivity contribution in [2.75, 3.05) is 50.4 Å². The number of benzene rings is 1. The van der Waals surface area contributed by atoms with Crippen LogP contribution in [0.3, 0.4) is 0 Å². The Balaban J connectivity index is 1.61. The smallest absolute Gasteiger partial charge is 0.232 e. The lowest BCUT2D eigenvalue weighted by atomic mass is 10.3. The summed E-state index contributed by atoms with van der Waals surface area (Å²) in [5, 5.41) is 9.48. The van der Waals surface area contributed by atoms with Crippen LogP contribution in [0.4, 0.5) is 10.3 Å². The van der Waals surface area contributed by atoms with Crippen LogP contribution >= 0.6 is 11.8 Å². The molecule has 0 bridgehead atoms. The first kappa shape index (κ1) is 17.7. The Kier molecular flexibility index (Phi) is 5.68. The van der Waals surface area contributed by atoms with Gasteiger partial charge in [-0.1, -0.05) is 17.8 Å². The molecule has 0 unspecified atom stereocenters. The molecule has 4 rings (SSSR count). The van der Waals surface area contributed by atoms with E-state index in [2.05, 4.69) is 15.1 Å². The summed E-state index contributed by atoms with van der Waals surface area (Å²) in [5.74, 6) is 1.18. The third-order valence-electron chi connectivity index (χ3n) is 4.35. The molecule has 0 amide bonds. The maximum atomic E-state index is 13.8. The fourth-order valence-electron chi connectivity index (χ4n) is 2.97. The number of nitrogens with zero attached hydrogens (tertiary/aromatic N) is 4. The van der Waals surface area contributed by atoms with Gasteiger partial charge in [0.1, 0.15) is 12.6 Å². The van der Waals surface area contributed by atoms with Gasteiger partial charge in [0.15, 0.2) is 5.16 Å². The highest BCUT2D eigenvalue weighted by atomic mass is 32.2. The fraction of sp³-hybridized carbons (Fsp3) is 0.529. The number of hydrogen-bond acceptors (Lipinski definition) is 7. The molecule has 2 fully saturated rings. The Morgan fingerprint density at radius 3 is 2.81 bits per heavy atom. The predicted octanol–water partition coefficient (Wildman–Crippen LogP) is 2.10. The summed E-state index contributed by atoms with van der Waals surface area (Å²) in [6.07, 6.45) is 0.982. The van der Waals surface area contributed by atoms with Gasteiger partial charge < -0.3 is 19.1 Å². The third-order valence-corrected chi connectivity index (χ3v) is 5.41. The van der Waals surface area contributed by atoms with Crippen LogP contribution in [0.2, 0.25) is 0 Å². The number of morpholine rings is 1. The minimum absolute atomic E-state index is 0.123. The topological polar surface area (TPSA) is 61.6 Å². The summed E-state index contributed by atoms with van der Waals surface area (Å²) >= 11 is 1.57. The van der Waals surface area contributed by atoms with Crippen LogP contribution in [0.15, 0.2) is 29.4 Å². The van der Waals surface area contributed by atoms with Gasteiger partial charge in [0.25, 0.3) is 0 Å². The van der Waals surface area contributed by atoms with Crippen molar-refractivity contribution in [2.45, 2.75) is 17.7 Å². The molecule has 2 aromatic rings. The molecular formula is C17H21FN4O3S. The molecule has 0 radical (unpaired) electrons. The number of hydrogen-bond donors (Lipinski definition) is 0. The molecule has 0 spiro atoms. The highest BCUT2D eigenvalue weighted by molar-refractivity contribution is 7.99. The number of anilines is 1. The lowest BCUT2D eigenvalue weighted by Gasteiger charge is -2.28. The minimum atomic E-state index is -0.284. The van der Waals surface area contributed by atoms with E-state index in [0.29, 0.717) is 38.2 Å². The first-order chi connectivity index (χ1) is 12.8. The van der Waals surface area contributed by atoms with E-state index in [1.165, 1.54) is 12.1 Å². The van der Waals surface area contributed by atoms with E-state index in [1.54, 1.807) is 17.8 Å². The average Bonchev–Trinajstić information content (AvgIpc) is 3.12. The zero-order valence-electron chi connectivity index (χ0n) is 14.3. The summed E-state index contributed by atoms with van der Waals surface area (Å²) in [4.78, 5) is 2.12. The predicted molar refractivity (Wildman–Crippen MR) is 95.4 cm³/mol. The molecule has 2 saturated heterocycles. The maximum Gasteiger partial charge on any atom is 0.232 e. The maximum absolute atomic E-state index is 13.8. The van der Waals surface area contributed by atoms with Crippen molar-refractivity contribution in [3.8, 4) is 5.69 Å². The van der Waals surface area contributed by atoms with E-state index in [9.17, 15) is 4.39 Å². The number of aromatic nitrogens is 3. The highest BCUT2D eigenvalue weighted by Crippen LogP contribution is 2.29. The summed E-state index contributed by atoms with van der Waals surface area (Å²) in [7, 11) is 0.